The first-order valence-electron chi connectivity index (χ1n) is 9.23. The maximum absolute atomic E-state index is 13.2. The summed E-state index contributed by atoms with van der Waals surface area (Å²) in [5, 5.41) is 18.6. The zero-order chi connectivity index (χ0) is 21.8. The molecule has 0 unspecified atom stereocenters. The number of para-hydroxylation sites is 1. The maximum atomic E-state index is 13.2. The van der Waals surface area contributed by atoms with Gasteiger partial charge >= 0.3 is 5.82 Å². The number of fused-ring (bicyclic) bond motifs is 1. The minimum Gasteiger partial charge on any atom is -0.466 e. The predicted molar refractivity (Wildman–Crippen MR) is 110 cm³/mol. The first kappa shape index (κ1) is 20.0. The highest BCUT2D eigenvalue weighted by Crippen LogP contribution is 2.26. The molecule has 10 heteroatoms. The van der Waals surface area contributed by atoms with Crippen LogP contribution in [0.2, 0.25) is 0 Å². The Balaban J connectivity index is 1.50. The summed E-state index contributed by atoms with van der Waals surface area (Å²) in [6, 6.07) is 16.3. The number of amides is 1. The van der Waals surface area contributed by atoms with Crippen molar-refractivity contribution < 1.29 is 18.8 Å². The quantitative estimate of drug-likeness (QED) is 0.361. The van der Waals surface area contributed by atoms with E-state index < -0.39 is 23.3 Å². The first-order valence-corrected chi connectivity index (χ1v) is 9.23. The molecule has 0 bridgehead atoms. The Morgan fingerprint density at radius 2 is 1.90 bits per heavy atom. The third-order valence-corrected chi connectivity index (χ3v) is 4.44. The normalized spacial score (nSPS) is 10.7. The minimum atomic E-state index is -0.679. The molecule has 0 aliphatic rings. The number of benzene rings is 2. The van der Waals surface area contributed by atoms with Gasteiger partial charge in [0.25, 0.3) is 5.91 Å². The summed E-state index contributed by atoms with van der Waals surface area (Å²) < 4.78 is 20.5. The molecule has 2 aromatic carbocycles. The van der Waals surface area contributed by atoms with Crippen LogP contribution in [0, 0.1) is 15.9 Å². The Kier molecular flexibility index (Phi) is 5.52. The Morgan fingerprint density at radius 1 is 1.13 bits per heavy atom. The van der Waals surface area contributed by atoms with Gasteiger partial charge in [0.1, 0.15) is 17.7 Å². The number of hydrogen-bond acceptors (Lipinski definition) is 6. The van der Waals surface area contributed by atoms with Crippen LogP contribution in [0.25, 0.3) is 10.9 Å². The molecule has 0 saturated carbocycles. The lowest BCUT2D eigenvalue weighted by Gasteiger charge is -2.06. The molecule has 1 amide bonds. The van der Waals surface area contributed by atoms with E-state index in [1.165, 1.54) is 30.5 Å². The van der Waals surface area contributed by atoms with Crippen LogP contribution < -0.4 is 10.1 Å². The number of carbonyl (C=O) groups excluding carboxylic acids is 1. The summed E-state index contributed by atoms with van der Waals surface area (Å²) in [5.74, 6) is -1.12. The highest BCUT2D eigenvalue weighted by molar-refractivity contribution is 5.94. The fourth-order valence-corrected chi connectivity index (χ4v) is 3.05. The molecular formula is C21H16FN5O4. The second-order valence-corrected chi connectivity index (χ2v) is 6.57. The zero-order valence-corrected chi connectivity index (χ0v) is 16.1. The fourth-order valence-electron chi connectivity index (χ4n) is 3.05. The van der Waals surface area contributed by atoms with E-state index in [1.807, 2.05) is 24.3 Å². The van der Waals surface area contributed by atoms with Gasteiger partial charge in [-0.05, 0) is 51.9 Å². The SMILES string of the molecule is O=C(COc1nn(Cc2ccc(F)cc2)c2ccccc12)Nc1cccnc1[N+](=O)[O-]. The van der Waals surface area contributed by atoms with Crippen LogP contribution in [0.3, 0.4) is 0 Å². The van der Waals surface area contributed by atoms with Gasteiger partial charge in [-0.25, -0.2) is 4.39 Å². The van der Waals surface area contributed by atoms with Crippen molar-refractivity contribution in [1.82, 2.24) is 14.8 Å². The number of nitrogens with zero attached hydrogens (tertiary/aromatic N) is 4. The molecule has 4 rings (SSSR count). The number of pyridine rings is 1. The van der Waals surface area contributed by atoms with E-state index in [2.05, 4.69) is 15.4 Å². The summed E-state index contributed by atoms with van der Waals surface area (Å²) in [6.07, 6.45) is 1.27. The molecule has 0 spiro atoms. The van der Waals surface area contributed by atoms with E-state index in [-0.39, 0.29) is 17.4 Å². The lowest BCUT2D eigenvalue weighted by atomic mass is 10.2. The fraction of sp³-hybridized carbons (Fsp3) is 0.0952. The third-order valence-electron chi connectivity index (χ3n) is 4.44. The molecule has 0 atom stereocenters. The second-order valence-electron chi connectivity index (χ2n) is 6.57. The van der Waals surface area contributed by atoms with Crippen LogP contribution in [0.5, 0.6) is 5.88 Å². The highest BCUT2D eigenvalue weighted by Gasteiger charge is 2.18. The largest absolute Gasteiger partial charge is 0.466 e. The second kappa shape index (κ2) is 8.57. The van der Waals surface area contributed by atoms with Crippen LogP contribution in [-0.2, 0) is 11.3 Å². The molecule has 156 valence electrons. The highest BCUT2D eigenvalue weighted by atomic mass is 19.1. The topological polar surface area (TPSA) is 112 Å². The Labute approximate surface area is 175 Å². The van der Waals surface area contributed by atoms with Gasteiger partial charge in [-0.3, -0.25) is 9.48 Å². The van der Waals surface area contributed by atoms with Crippen molar-refractivity contribution >= 4 is 28.3 Å². The Hall–Kier alpha value is -4.34. The van der Waals surface area contributed by atoms with Crippen molar-refractivity contribution in [2.75, 3.05) is 11.9 Å². The molecule has 31 heavy (non-hydrogen) atoms. The molecule has 1 N–H and O–H groups in total. The van der Waals surface area contributed by atoms with Crippen LogP contribution in [0.15, 0.2) is 66.9 Å². The third kappa shape index (κ3) is 4.47. The van der Waals surface area contributed by atoms with Crippen LogP contribution in [-0.4, -0.2) is 32.2 Å². The lowest BCUT2D eigenvalue weighted by molar-refractivity contribution is -0.388. The van der Waals surface area contributed by atoms with Crippen molar-refractivity contribution in [3.05, 3.63) is 88.4 Å². The first-order chi connectivity index (χ1) is 15.0. The number of anilines is 1. The zero-order valence-electron chi connectivity index (χ0n) is 16.1. The van der Waals surface area contributed by atoms with E-state index in [0.717, 1.165) is 11.1 Å². The smallest absolute Gasteiger partial charge is 0.387 e. The average molecular weight is 421 g/mol. The molecule has 4 aromatic rings. The van der Waals surface area contributed by atoms with E-state index in [9.17, 15) is 19.3 Å². The van der Waals surface area contributed by atoms with Gasteiger partial charge in [0.05, 0.1) is 17.4 Å². The van der Waals surface area contributed by atoms with Crippen LogP contribution >= 0.6 is 0 Å². The van der Waals surface area contributed by atoms with Crippen LogP contribution in [0.1, 0.15) is 5.56 Å². The standard InChI is InChI=1S/C21H16FN5O4/c22-15-9-7-14(8-10-15)12-26-18-6-2-1-4-16(18)21(25-26)31-13-19(28)24-17-5-3-11-23-20(17)27(29)30/h1-11H,12-13H2,(H,24,28). The molecule has 0 fully saturated rings. The molecule has 2 heterocycles. The van der Waals surface area contributed by atoms with Crippen LogP contribution in [0.4, 0.5) is 15.9 Å². The van der Waals surface area contributed by atoms with Crippen molar-refractivity contribution in [2.24, 2.45) is 0 Å². The molecule has 0 radical (unpaired) electrons. The summed E-state index contributed by atoms with van der Waals surface area (Å²) in [4.78, 5) is 26.3. The van der Waals surface area contributed by atoms with Crippen molar-refractivity contribution in [2.45, 2.75) is 6.54 Å². The lowest BCUT2D eigenvalue weighted by Crippen LogP contribution is -2.21. The number of ether oxygens (including phenoxy) is 1. The van der Waals surface area contributed by atoms with Gasteiger partial charge in [-0.2, -0.15) is 0 Å². The number of nitro groups is 1. The van der Waals surface area contributed by atoms with Crippen molar-refractivity contribution in [1.29, 1.82) is 0 Å². The van der Waals surface area contributed by atoms with Crippen molar-refractivity contribution in [3.8, 4) is 5.88 Å². The van der Waals surface area contributed by atoms with Gasteiger partial charge < -0.3 is 20.2 Å². The van der Waals surface area contributed by atoms with E-state index in [4.69, 9.17) is 4.74 Å². The van der Waals surface area contributed by atoms with E-state index >= 15 is 0 Å². The van der Waals surface area contributed by atoms with E-state index in [0.29, 0.717) is 11.9 Å². The summed E-state index contributed by atoms with van der Waals surface area (Å²) >= 11 is 0. The number of nitrogens with one attached hydrogen (secondary N) is 1. The molecule has 0 aliphatic carbocycles. The van der Waals surface area contributed by atoms with Gasteiger partial charge in [0.2, 0.25) is 5.88 Å². The monoisotopic (exact) mass is 421 g/mol. The number of halogens is 1. The van der Waals surface area contributed by atoms with Gasteiger partial charge in [-0.15, -0.1) is 5.10 Å². The Morgan fingerprint density at radius 3 is 2.68 bits per heavy atom. The summed E-state index contributed by atoms with van der Waals surface area (Å²) in [7, 11) is 0. The predicted octanol–water partition coefficient (Wildman–Crippen LogP) is 3.54. The maximum Gasteiger partial charge on any atom is 0.387 e. The molecule has 0 saturated heterocycles. The number of aromatic nitrogens is 3. The molecule has 0 aliphatic heterocycles. The summed E-state index contributed by atoms with van der Waals surface area (Å²) in [6.45, 7) is -0.0121. The number of rotatable bonds is 7. The van der Waals surface area contributed by atoms with Gasteiger partial charge in [0, 0.05) is 0 Å². The average Bonchev–Trinajstić information content (AvgIpc) is 3.12. The molecular weight excluding hydrogens is 405 g/mol. The van der Waals surface area contributed by atoms with Crippen molar-refractivity contribution in [3.63, 3.8) is 0 Å². The number of hydrogen-bond donors (Lipinski definition) is 1. The van der Waals surface area contributed by atoms with E-state index in [1.54, 1.807) is 16.8 Å². The molecule has 2 aromatic heterocycles. The van der Waals surface area contributed by atoms with Gasteiger partial charge in [-0.1, -0.05) is 24.3 Å². The number of carbonyl (C=O) groups is 1. The molecule has 9 nitrogen and oxygen atoms in total. The van der Waals surface area contributed by atoms with Gasteiger partial charge in [0.15, 0.2) is 6.61 Å². The summed E-state index contributed by atoms with van der Waals surface area (Å²) in [5.41, 5.74) is 1.61. The Bertz CT molecular complexity index is 1260. The minimum absolute atomic E-state index is 0.0206.